The molecule has 5 nitrogen and oxygen atoms in total. The second kappa shape index (κ2) is 7.95. The first kappa shape index (κ1) is 15.7. The quantitative estimate of drug-likeness (QED) is 0.542. The van der Waals surface area contributed by atoms with Crippen molar-refractivity contribution < 1.29 is 19.4 Å². The van der Waals surface area contributed by atoms with Crippen molar-refractivity contribution in [3.8, 4) is 0 Å². The van der Waals surface area contributed by atoms with Gasteiger partial charge in [-0.25, -0.2) is 4.79 Å². The van der Waals surface area contributed by atoms with E-state index in [1.807, 2.05) is 0 Å². The summed E-state index contributed by atoms with van der Waals surface area (Å²) in [7, 11) is 0. The van der Waals surface area contributed by atoms with Crippen LogP contribution in [0, 0.1) is 5.92 Å². The highest BCUT2D eigenvalue weighted by molar-refractivity contribution is 7.11. The minimum absolute atomic E-state index is 0.136. The number of amides is 1. The molecule has 0 radical (unpaired) electrons. The molecule has 1 amide bonds. The van der Waals surface area contributed by atoms with Crippen molar-refractivity contribution >= 4 is 29.3 Å². The molecule has 1 aliphatic rings. The molecule has 2 N–H and O–H groups in total. The Morgan fingerprint density at radius 3 is 3.00 bits per heavy atom. The van der Waals surface area contributed by atoms with Gasteiger partial charge >= 0.3 is 5.97 Å². The molecule has 1 aliphatic carbocycles. The highest BCUT2D eigenvalue weighted by Gasteiger charge is 2.20. The summed E-state index contributed by atoms with van der Waals surface area (Å²) in [6.45, 7) is 2.10. The van der Waals surface area contributed by atoms with Gasteiger partial charge in [-0.1, -0.05) is 0 Å². The molecule has 114 valence electrons. The van der Waals surface area contributed by atoms with Gasteiger partial charge in [-0.05, 0) is 37.3 Å². The van der Waals surface area contributed by atoms with Crippen molar-refractivity contribution in [3.05, 3.63) is 28.0 Å². The summed E-state index contributed by atoms with van der Waals surface area (Å²) in [4.78, 5) is 23.0. The third-order valence-electron chi connectivity index (χ3n) is 3.07. The lowest BCUT2D eigenvalue weighted by atomic mass is 10.2. The summed E-state index contributed by atoms with van der Waals surface area (Å²) < 4.78 is 5.49. The molecule has 1 fully saturated rings. The zero-order chi connectivity index (χ0) is 15.1. The Labute approximate surface area is 127 Å². The van der Waals surface area contributed by atoms with Crippen molar-refractivity contribution in [2.75, 3.05) is 19.8 Å². The van der Waals surface area contributed by atoms with Crippen molar-refractivity contribution in [3.63, 3.8) is 0 Å². The molecule has 1 saturated carbocycles. The number of thiophene rings is 1. The van der Waals surface area contributed by atoms with Crippen LogP contribution in [0.15, 0.2) is 17.5 Å². The maximum atomic E-state index is 11.9. The molecule has 2 rings (SSSR count). The fraction of sp³-hybridized carbons (Fsp3) is 0.467. The highest BCUT2D eigenvalue weighted by atomic mass is 32.1. The van der Waals surface area contributed by atoms with E-state index in [1.165, 1.54) is 30.3 Å². The Morgan fingerprint density at radius 2 is 2.29 bits per heavy atom. The monoisotopic (exact) mass is 309 g/mol. The molecule has 1 heterocycles. The summed E-state index contributed by atoms with van der Waals surface area (Å²) in [5, 5.41) is 13.1. The van der Waals surface area contributed by atoms with Crippen LogP contribution in [-0.2, 0) is 9.53 Å². The normalized spacial score (nSPS) is 14.5. The minimum Gasteiger partial charge on any atom is -0.478 e. The number of carboxylic acids is 1. The van der Waals surface area contributed by atoms with Crippen LogP contribution < -0.4 is 5.32 Å². The lowest BCUT2D eigenvalue weighted by Gasteiger charge is -2.04. The largest absolute Gasteiger partial charge is 0.478 e. The van der Waals surface area contributed by atoms with Gasteiger partial charge < -0.3 is 15.2 Å². The van der Waals surface area contributed by atoms with Gasteiger partial charge in [-0.15, -0.1) is 11.3 Å². The number of ether oxygens (including phenoxy) is 1. The lowest BCUT2D eigenvalue weighted by molar-refractivity contribution is -0.131. The predicted octanol–water partition coefficient (Wildman–Crippen LogP) is 2.39. The highest BCUT2D eigenvalue weighted by Crippen LogP contribution is 2.28. The molecule has 0 saturated heterocycles. The molecule has 0 unspecified atom stereocenters. The van der Waals surface area contributed by atoms with E-state index in [1.54, 1.807) is 11.4 Å². The fourth-order valence-corrected chi connectivity index (χ4v) is 2.51. The number of rotatable bonds is 9. The molecule has 1 aromatic rings. The van der Waals surface area contributed by atoms with Gasteiger partial charge in [0.15, 0.2) is 0 Å². The number of hydrogen-bond acceptors (Lipinski definition) is 4. The maximum absolute atomic E-state index is 11.9. The van der Waals surface area contributed by atoms with Crippen molar-refractivity contribution in [2.24, 2.45) is 5.92 Å². The van der Waals surface area contributed by atoms with Gasteiger partial charge in [0, 0.05) is 36.1 Å². The smallest absolute Gasteiger partial charge is 0.328 e. The van der Waals surface area contributed by atoms with Crippen LogP contribution in [0.1, 0.15) is 34.5 Å². The first-order valence-electron chi connectivity index (χ1n) is 7.00. The van der Waals surface area contributed by atoms with Crippen LogP contribution in [0.5, 0.6) is 0 Å². The number of carbonyl (C=O) groups is 2. The molecular formula is C15H19NO4S. The predicted molar refractivity (Wildman–Crippen MR) is 81.5 cm³/mol. The molecule has 0 bridgehead atoms. The van der Waals surface area contributed by atoms with Gasteiger partial charge in [0.2, 0.25) is 0 Å². The number of nitrogens with one attached hydrogen (secondary N) is 1. The third kappa shape index (κ3) is 6.10. The second-order valence-electron chi connectivity index (χ2n) is 5.04. The summed E-state index contributed by atoms with van der Waals surface area (Å²) in [5.41, 5.74) is 0.559. The molecule has 0 atom stereocenters. The van der Waals surface area contributed by atoms with Crippen LogP contribution in [0.3, 0.4) is 0 Å². The van der Waals surface area contributed by atoms with Crippen LogP contribution >= 0.6 is 11.3 Å². The Morgan fingerprint density at radius 1 is 1.48 bits per heavy atom. The van der Waals surface area contributed by atoms with E-state index in [0.29, 0.717) is 18.7 Å². The zero-order valence-corrected chi connectivity index (χ0v) is 12.5. The van der Waals surface area contributed by atoms with Gasteiger partial charge in [0.05, 0.1) is 5.56 Å². The fourth-order valence-electron chi connectivity index (χ4n) is 1.73. The van der Waals surface area contributed by atoms with Gasteiger partial charge in [-0.3, -0.25) is 4.79 Å². The molecule has 0 aromatic carbocycles. The summed E-state index contributed by atoms with van der Waals surface area (Å²) in [6, 6.07) is 1.68. The Balaban J connectivity index is 1.64. The van der Waals surface area contributed by atoms with Crippen LogP contribution in [-0.4, -0.2) is 36.7 Å². The van der Waals surface area contributed by atoms with Crippen LogP contribution in [0.4, 0.5) is 0 Å². The molecule has 0 spiro atoms. The van der Waals surface area contributed by atoms with Crippen LogP contribution in [0.25, 0.3) is 6.08 Å². The first-order chi connectivity index (χ1) is 10.1. The number of carboxylic acid groups (broad SMARTS) is 1. The first-order valence-corrected chi connectivity index (χ1v) is 7.88. The standard InChI is InChI=1S/C15H19NO4S/c17-14(18)5-4-13-8-12(10-21-13)15(19)16-6-1-7-20-9-11-2-3-11/h4-5,8,10-11H,1-3,6-7,9H2,(H,16,19)(H,17,18)/b5-4+. The summed E-state index contributed by atoms with van der Waals surface area (Å²) in [6.07, 6.45) is 5.91. The Bertz CT molecular complexity index is 519. The zero-order valence-electron chi connectivity index (χ0n) is 11.7. The van der Waals surface area contributed by atoms with Crippen molar-refractivity contribution in [1.82, 2.24) is 5.32 Å². The van der Waals surface area contributed by atoms with E-state index in [-0.39, 0.29) is 5.91 Å². The second-order valence-corrected chi connectivity index (χ2v) is 5.98. The van der Waals surface area contributed by atoms with Gasteiger partial charge in [-0.2, -0.15) is 0 Å². The van der Waals surface area contributed by atoms with Crippen molar-refractivity contribution in [2.45, 2.75) is 19.3 Å². The summed E-state index contributed by atoms with van der Waals surface area (Å²) in [5.74, 6) is -0.369. The van der Waals surface area contributed by atoms with E-state index in [9.17, 15) is 9.59 Å². The van der Waals surface area contributed by atoms with E-state index < -0.39 is 5.97 Å². The van der Waals surface area contributed by atoms with E-state index >= 15 is 0 Å². The molecular weight excluding hydrogens is 290 g/mol. The Kier molecular flexibility index (Phi) is 5.95. The van der Waals surface area contributed by atoms with Gasteiger partial charge in [0.25, 0.3) is 5.91 Å². The van der Waals surface area contributed by atoms with Crippen LogP contribution in [0.2, 0.25) is 0 Å². The minimum atomic E-state index is -0.999. The number of aliphatic carboxylic acids is 1. The molecule has 0 aliphatic heterocycles. The van der Waals surface area contributed by atoms with E-state index in [2.05, 4.69) is 5.32 Å². The molecule has 1 aromatic heterocycles. The third-order valence-corrected chi connectivity index (χ3v) is 3.97. The number of hydrogen-bond donors (Lipinski definition) is 2. The lowest BCUT2D eigenvalue weighted by Crippen LogP contribution is -2.24. The average Bonchev–Trinajstić information content (AvgIpc) is 3.15. The van der Waals surface area contributed by atoms with Gasteiger partial charge in [0.1, 0.15) is 0 Å². The summed E-state index contributed by atoms with van der Waals surface area (Å²) >= 11 is 1.34. The van der Waals surface area contributed by atoms with E-state index in [0.717, 1.165) is 29.9 Å². The molecule has 21 heavy (non-hydrogen) atoms. The number of carbonyl (C=O) groups excluding carboxylic acids is 1. The molecule has 6 heteroatoms. The van der Waals surface area contributed by atoms with E-state index in [4.69, 9.17) is 9.84 Å². The average molecular weight is 309 g/mol. The SMILES string of the molecule is O=C(O)/C=C/c1cc(C(=O)NCCCOCC2CC2)cs1. The topological polar surface area (TPSA) is 75.6 Å². The maximum Gasteiger partial charge on any atom is 0.328 e. The Hall–Kier alpha value is -1.66. The van der Waals surface area contributed by atoms with Crippen molar-refractivity contribution in [1.29, 1.82) is 0 Å².